The van der Waals surface area contributed by atoms with E-state index >= 15 is 0 Å². The number of hydrogen-bond donors (Lipinski definition) is 0. The highest BCUT2D eigenvalue weighted by Gasteiger charge is 2.18. The number of hydrogen-bond acceptors (Lipinski definition) is 15. The fourth-order valence-corrected chi connectivity index (χ4v) is 9.31. The molecule has 3 unspecified atom stereocenters. The number of carbonyl (C=O) groups is 6. The number of methoxy groups -OCH3 is 1. The van der Waals surface area contributed by atoms with Gasteiger partial charge in [-0.25, -0.2) is 14.4 Å². The maximum Gasteiger partial charge on any atom is 0.513 e. The molecule has 0 saturated heterocycles. The van der Waals surface area contributed by atoms with Crippen molar-refractivity contribution < 1.29 is 71.4 Å². The first-order valence-corrected chi connectivity index (χ1v) is 30.4. The Morgan fingerprint density at radius 2 is 0.558 bits per heavy atom. The fraction of sp³-hybridized carbons (Fsp3) is 0.806. The topological polar surface area (TPSA) is 185 Å². The minimum Gasteiger partial charge on any atom is -0.469 e. The molecule has 0 bridgehead atoms. The minimum absolute atomic E-state index is 0.0996. The molecule has 0 spiro atoms. The van der Waals surface area contributed by atoms with Crippen LogP contribution in [-0.4, -0.2) is 75.0 Å². The minimum atomic E-state index is -0.732. The Labute approximate surface area is 466 Å². The molecule has 15 heteroatoms. The molecule has 0 aliphatic rings. The van der Waals surface area contributed by atoms with Gasteiger partial charge in [0.2, 0.25) is 0 Å². The van der Waals surface area contributed by atoms with Crippen LogP contribution in [0, 0.1) is 0 Å². The van der Waals surface area contributed by atoms with Crippen molar-refractivity contribution in [3.05, 3.63) is 38.5 Å². The quantitative estimate of drug-likeness (QED) is 0.0242. The van der Waals surface area contributed by atoms with Crippen LogP contribution in [0.15, 0.2) is 38.5 Å². The lowest BCUT2D eigenvalue weighted by Crippen LogP contribution is -2.18. The van der Waals surface area contributed by atoms with Gasteiger partial charge in [-0.1, -0.05) is 161 Å². The van der Waals surface area contributed by atoms with Gasteiger partial charge >= 0.3 is 36.4 Å². The average molecular weight is 1090 g/mol. The molecular formula is C62H108O15. The second kappa shape index (κ2) is 56.2. The third-order valence-corrected chi connectivity index (χ3v) is 13.8. The molecule has 0 saturated carbocycles. The lowest BCUT2D eigenvalue weighted by Gasteiger charge is -2.17. The van der Waals surface area contributed by atoms with Crippen LogP contribution in [0.2, 0.25) is 0 Å². The molecule has 0 amide bonds. The summed E-state index contributed by atoms with van der Waals surface area (Å²) >= 11 is 0. The van der Waals surface area contributed by atoms with Crippen molar-refractivity contribution in [3.8, 4) is 0 Å². The summed E-state index contributed by atoms with van der Waals surface area (Å²) in [6, 6.07) is 0. The standard InChI is InChI=1S/C62H108O15/c1-6-10-11-32-43-54(75-60(66)70-7-2)44-33-24-19-13-16-22-28-39-50-58(64)73-53-42-31-37-48-56(77-62(68)72-9-4)46-35-26-20-14-17-23-29-40-51-59(65)74-52-41-30-36-47-55(76-61(67)71-8-3)45-34-25-18-12-15-21-27-38-49-57(63)69-5/h7-9,54-56H,2-4,6,10-53H2,1,5H3. The molecule has 0 aromatic heterocycles. The van der Waals surface area contributed by atoms with Crippen LogP contribution in [0.4, 0.5) is 14.4 Å². The summed E-state index contributed by atoms with van der Waals surface area (Å²) in [5.74, 6) is -0.435. The van der Waals surface area contributed by atoms with Crippen molar-refractivity contribution in [2.75, 3.05) is 20.3 Å². The summed E-state index contributed by atoms with van der Waals surface area (Å²) in [5.41, 5.74) is 0. The monoisotopic (exact) mass is 1090 g/mol. The number of ether oxygens (including phenoxy) is 9. The molecule has 446 valence electrons. The third-order valence-electron chi connectivity index (χ3n) is 13.8. The molecule has 0 N–H and O–H groups in total. The van der Waals surface area contributed by atoms with E-state index < -0.39 is 18.5 Å². The third kappa shape index (κ3) is 51.9. The van der Waals surface area contributed by atoms with Gasteiger partial charge < -0.3 is 42.6 Å². The number of esters is 3. The first-order valence-electron chi connectivity index (χ1n) is 30.4. The summed E-state index contributed by atoms with van der Waals surface area (Å²) in [6.07, 6.45) is 41.5. The molecule has 15 nitrogen and oxygen atoms in total. The zero-order valence-corrected chi connectivity index (χ0v) is 48.5. The summed E-state index contributed by atoms with van der Waals surface area (Å²) in [6.45, 7) is 13.3. The van der Waals surface area contributed by atoms with E-state index in [0.29, 0.717) is 32.5 Å². The Kier molecular flexibility index (Phi) is 52.8. The highest BCUT2D eigenvalue weighted by Crippen LogP contribution is 2.21. The maximum absolute atomic E-state index is 12.3. The molecule has 0 fully saturated rings. The summed E-state index contributed by atoms with van der Waals surface area (Å²) in [5, 5.41) is 0. The first kappa shape index (κ1) is 72.4. The maximum atomic E-state index is 12.3. The Bertz CT molecular complexity index is 1480. The average Bonchev–Trinajstić information content (AvgIpc) is 3.40. The highest BCUT2D eigenvalue weighted by molar-refractivity contribution is 5.69. The predicted octanol–water partition coefficient (Wildman–Crippen LogP) is 18.0. The van der Waals surface area contributed by atoms with Gasteiger partial charge in [-0.3, -0.25) is 14.4 Å². The lowest BCUT2D eigenvalue weighted by atomic mass is 10.0. The van der Waals surface area contributed by atoms with E-state index in [4.69, 9.17) is 37.9 Å². The normalized spacial score (nSPS) is 12.1. The molecule has 0 rings (SSSR count). The SMILES string of the molecule is C=COC(=O)OC(CCCCCC)CCCCCCCCCCC(=O)OCCCCCC(CCCCCCCCCCC(=O)OCCCCCC(CCCCCCCCCCC(=O)OC)OC(=O)OC=C)OC(=O)OC=C. The number of rotatable bonds is 56. The summed E-state index contributed by atoms with van der Waals surface area (Å²) in [7, 11) is 1.42. The van der Waals surface area contributed by atoms with Crippen molar-refractivity contribution in [1.29, 1.82) is 0 Å². The van der Waals surface area contributed by atoms with Crippen LogP contribution in [-0.2, 0) is 57.0 Å². The predicted molar refractivity (Wildman–Crippen MR) is 303 cm³/mol. The van der Waals surface area contributed by atoms with Gasteiger partial charge in [0.05, 0.1) is 39.1 Å². The van der Waals surface area contributed by atoms with Crippen LogP contribution in [0.3, 0.4) is 0 Å². The Balaban J connectivity index is 4.02. The van der Waals surface area contributed by atoms with Crippen LogP contribution < -0.4 is 0 Å². The Morgan fingerprint density at radius 3 is 0.818 bits per heavy atom. The molecular weight excluding hydrogens is 985 g/mol. The molecule has 0 aliphatic heterocycles. The van der Waals surface area contributed by atoms with Gasteiger partial charge in [-0.15, -0.1) is 0 Å². The smallest absolute Gasteiger partial charge is 0.469 e. The summed E-state index contributed by atoms with van der Waals surface area (Å²) < 4.78 is 46.6. The van der Waals surface area contributed by atoms with Crippen molar-refractivity contribution >= 4 is 36.4 Å². The van der Waals surface area contributed by atoms with Crippen molar-refractivity contribution in [2.24, 2.45) is 0 Å². The van der Waals surface area contributed by atoms with E-state index in [1.807, 2.05) is 0 Å². The van der Waals surface area contributed by atoms with E-state index in [1.54, 1.807) is 0 Å². The fourth-order valence-electron chi connectivity index (χ4n) is 9.31. The van der Waals surface area contributed by atoms with Gasteiger partial charge in [0.25, 0.3) is 0 Å². The van der Waals surface area contributed by atoms with Crippen molar-refractivity contribution in [2.45, 2.75) is 301 Å². The van der Waals surface area contributed by atoms with Crippen LogP contribution >= 0.6 is 0 Å². The summed E-state index contributed by atoms with van der Waals surface area (Å²) in [4.78, 5) is 71.6. The molecule has 0 radical (unpaired) electrons. The van der Waals surface area contributed by atoms with E-state index in [-0.39, 0.29) is 36.2 Å². The van der Waals surface area contributed by atoms with Crippen molar-refractivity contribution in [3.63, 3.8) is 0 Å². The second-order valence-corrected chi connectivity index (χ2v) is 20.5. The van der Waals surface area contributed by atoms with E-state index in [1.165, 1.54) is 20.0 Å². The zero-order chi connectivity index (χ0) is 56.5. The van der Waals surface area contributed by atoms with Crippen LogP contribution in [0.5, 0.6) is 0 Å². The van der Waals surface area contributed by atoms with Crippen LogP contribution in [0.1, 0.15) is 283 Å². The molecule has 77 heavy (non-hydrogen) atoms. The molecule has 0 aromatic carbocycles. The van der Waals surface area contributed by atoms with E-state index in [0.717, 1.165) is 263 Å². The van der Waals surface area contributed by atoms with Gasteiger partial charge in [-0.2, -0.15) is 0 Å². The van der Waals surface area contributed by atoms with Gasteiger partial charge in [0.15, 0.2) is 0 Å². The van der Waals surface area contributed by atoms with Crippen LogP contribution in [0.25, 0.3) is 0 Å². The second-order valence-electron chi connectivity index (χ2n) is 20.5. The van der Waals surface area contributed by atoms with Gasteiger partial charge in [0.1, 0.15) is 18.3 Å². The van der Waals surface area contributed by atoms with Gasteiger partial charge in [0, 0.05) is 19.3 Å². The van der Waals surface area contributed by atoms with E-state index in [9.17, 15) is 28.8 Å². The van der Waals surface area contributed by atoms with Crippen molar-refractivity contribution in [1.82, 2.24) is 0 Å². The molecule has 0 aromatic rings. The molecule has 3 atom stereocenters. The lowest BCUT2D eigenvalue weighted by molar-refractivity contribution is -0.144. The largest absolute Gasteiger partial charge is 0.513 e. The Hall–Kier alpha value is -4.56. The van der Waals surface area contributed by atoms with E-state index in [2.05, 4.69) is 31.4 Å². The number of unbranched alkanes of at least 4 members (excludes halogenated alkanes) is 28. The Morgan fingerprint density at radius 1 is 0.325 bits per heavy atom. The van der Waals surface area contributed by atoms with Gasteiger partial charge in [-0.05, 0) is 122 Å². The zero-order valence-electron chi connectivity index (χ0n) is 48.5. The number of carbonyl (C=O) groups excluding carboxylic acids is 6. The molecule has 0 aliphatic carbocycles. The molecule has 0 heterocycles. The highest BCUT2D eigenvalue weighted by atomic mass is 16.7. The first-order chi connectivity index (χ1) is 37.6.